The van der Waals surface area contributed by atoms with Gasteiger partial charge in [0.25, 0.3) is 0 Å². The van der Waals surface area contributed by atoms with Crippen molar-refractivity contribution in [3.8, 4) is 11.6 Å². The van der Waals surface area contributed by atoms with Crippen LogP contribution < -0.4 is 10.5 Å². The van der Waals surface area contributed by atoms with Crippen LogP contribution in [0.5, 0.6) is 11.6 Å². The summed E-state index contributed by atoms with van der Waals surface area (Å²) in [5.74, 6) is 1.00. The molecule has 2 heterocycles. The summed E-state index contributed by atoms with van der Waals surface area (Å²) in [4.78, 5) is 5.35. The van der Waals surface area contributed by atoms with E-state index in [0.717, 1.165) is 10.7 Å². The van der Waals surface area contributed by atoms with E-state index in [1.165, 1.54) is 11.3 Å². The molecule has 4 nitrogen and oxygen atoms in total. The third-order valence-electron chi connectivity index (χ3n) is 2.94. The van der Waals surface area contributed by atoms with Crippen LogP contribution >= 0.6 is 34.5 Å². The Morgan fingerprint density at radius 1 is 1.43 bits per heavy atom. The molecule has 21 heavy (non-hydrogen) atoms. The van der Waals surface area contributed by atoms with Crippen molar-refractivity contribution in [1.29, 1.82) is 0 Å². The molecule has 7 heteroatoms. The highest BCUT2D eigenvalue weighted by atomic mass is 35.5. The van der Waals surface area contributed by atoms with Crippen LogP contribution in [0.3, 0.4) is 0 Å². The van der Waals surface area contributed by atoms with Crippen LogP contribution in [0.15, 0.2) is 29.8 Å². The van der Waals surface area contributed by atoms with Crippen molar-refractivity contribution in [1.82, 2.24) is 9.38 Å². The number of benzene rings is 1. The van der Waals surface area contributed by atoms with Crippen LogP contribution in [0, 0.1) is 0 Å². The lowest BCUT2D eigenvalue weighted by atomic mass is 10.2. The number of rotatable bonds is 4. The van der Waals surface area contributed by atoms with Gasteiger partial charge < -0.3 is 10.5 Å². The molecule has 0 fully saturated rings. The summed E-state index contributed by atoms with van der Waals surface area (Å²) in [6, 6.07) is 5.09. The molecule has 0 saturated carbocycles. The van der Waals surface area contributed by atoms with Crippen molar-refractivity contribution in [3.63, 3.8) is 0 Å². The topological polar surface area (TPSA) is 52.5 Å². The second-order valence-corrected chi connectivity index (χ2v) is 6.49. The van der Waals surface area contributed by atoms with E-state index in [1.807, 2.05) is 22.9 Å². The Balaban J connectivity index is 2.03. The van der Waals surface area contributed by atoms with Gasteiger partial charge in [-0.15, -0.1) is 11.3 Å². The lowest BCUT2D eigenvalue weighted by Crippen LogP contribution is -2.19. The molecule has 0 amide bonds. The molecule has 2 N–H and O–H groups in total. The van der Waals surface area contributed by atoms with E-state index in [0.29, 0.717) is 28.1 Å². The van der Waals surface area contributed by atoms with Gasteiger partial charge in [0.15, 0.2) is 4.96 Å². The molecule has 0 radical (unpaired) electrons. The Morgan fingerprint density at radius 3 is 3.00 bits per heavy atom. The normalized spacial score (nSPS) is 12.8. The maximum absolute atomic E-state index is 6.14. The fourth-order valence-electron chi connectivity index (χ4n) is 2.04. The van der Waals surface area contributed by atoms with E-state index >= 15 is 0 Å². The van der Waals surface area contributed by atoms with Gasteiger partial charge >= 0.3 is 0 Å². The minimum absolute atomic E-state index is 0.00184. The molecule has 0 aliphatic heterocycles. The van der Waals surface area contributed by atoms with E-state index in [1.54, 1.807) is 18.2 Å². The number of nitrogens with zero attached hydrogens (tertiary/aromatic N) is 2. The van der Waals surface area contributed by atoms with Crippen molar-refractivity contribution in [3.05, 3.63) is 45.5 Å². The molecule has 3 aromatic rings. The van der Waals surface area contributed by atoms with E-state index in [4.69, 9.17) is 33.7 Å². The van der Waals surface area contributed by atoms with Crippen LogP contribution in [-0.4, -0.2) is 15.4 Å². The third kappa shape index (κ3) is 3.01. The molecule has 1 aromatic carbocycles. The summed E-state index contributed by atoms with van der Waals surface area (Å²) in [5, 5.41) is 3.02. The Kier molecular flexibility index (Phi) is 4.08. The van der Waals surface area contributed by atoms with Crippen LogP contribution in [-0.2, 0) is 6.42 Å². The van der Waals surface area contributed by atoms with Crippen molar-refractivity contribution in [2.45, 2.75) is 19.4 Å². The van der Waals surface area contributed by atoms with Crippen LogP contribution in [0.1, 0.15) is 12.6 Å². The molecule has 2 aromatic heterocycles. The molecule has 110 valence electrons. The highest BCUT2D eigenvalue weighted by molar-refractivity contribution is 7.15. The van der Waals surface area contributed by atoms with Gasteiger partial charge in [-0.25, -0.2) is 0 Å². The minimum Gasteiger partial charge on any atom is -0.436 e. The van der Waals surface area contributed by atoms with Gasteiger partial charge in [0, 0.05) is 35.1 Å². The highest BCUT2D eigenvalue weighted by Crippen LogP contribution is 2.34. The number of halogens is 2. The Hall–Kier alpha value is -1.27. The number of hydrogen-bond acceptors (Lipinski definition) is 4. The largest absolute Gasteiger partial charge is 0.436 e. The first-order valence-electron chi connectivity index (χ1n) is 6.37. The van der Waals surface area contributed by atoms with Crippen molar-refractivity contribution < 1.29 is 4.74 Å². The van der Waals surface area contributed by atoms with E-state index < -0.39 is 0 Å². The molecular weight excluding hydrogens is 329 g/mol. The van der Waals surface area contributed by atoms with Gasteiger partial charge in [0.2, 0.25) is 5.88 Å². The average molecular weight is 342 g/mol. The summed E-state index contributed by atoms with van der Waals surface area (Å²) in [6.45, 7) is 1.95. The van der Waals surface area contributed by atoms with Gasteiger partial charge in [-0.3, -0.25) is 4.40 Å². The Labute approximate surface area is 136 Å². The lowest BCUT2D eigenvalue weighted by molar-refractivity contribution is 0.457. The molecule has 0 aliphatic rings. The van der Waals surface area contributed by atoms with Crippen molar-refractivity contribution >= 4 is 39.5 Å². The van der Waals surface area contributed by atoms with Gasteiger partial charge in [-0.2, -0.15) is 4.98 Å². The second kappa shape index (κ2) is 5.85. The number of fused-ring (bicyclic) bond motifs is 1. The summed E-state index contributed by atoms with van der Waals surface area (Å²) in [6.07, 6.45) is 2.61. The third-order valence-corrected chi connectivity index (χ3v) is 4.24. The standard InChI is InChI=1S/C14H13Cl2N3OS/c1-8(17)6-11-13(18-14-19(11)4-5-21-14)20-12-7-9(15)2-3-10(12)16/h2-5,7-8H,6,17H2,1H3. The average Bonchev–Trinajstić information content (AvgIpc) is 2.97. The SMILES string of the molecule is CC(N)Cc1c(Oc2cc(Cl)ccc2Cl)nc2sccn12. The first-order valence-corrected chi connectivity index (χ1v) is 8.01. The molecular formula is C14H13Cl2N3OS. The van der Waals surface area contributed by atoms with Gasteiger partial charge in [-0.1, -0.05) is 23.2 Å². The predicted octanol–water partition coefficient (Wildman–Crippen LogP) is 4.38. The Morgan fingerprint density at radius 2 is 2.24 bits per heavy atom. The zero-order chi connectivity index (χ0) is 15.0. The molecule has 0 bridgehead atoms. The first-order chi connectivity index (χ1) is 10.0. The fraction of sp³-hybridized carbons (Fsp3) is 0.214. The maximum atomic E-state index is 6.14. The molecule has 1 unspecified atom stereocenters. The van der Waals surface area contributed by atoms with Crippen LogP contribution in [0.2, 0.25) is 10.0 Å². The van der Waals surface area contributed by atoms with Crippen LogP contribution in [0.25, 0.3) is 4.96 Å². The number of hydrogen-bond donors (Lipinski definition) is 1. The number of imidazole rings is 1. The second-order valence-electron chi connectivity index (χ2n) is 4.78. The molecule has 1 atom stereocenters. The van der Waals surface area contributed by atoms with E-state index in [-0.39, 0.29) is 6.04 Å². The first kappa shape index (κ1) is 14.7. The van der Waals surface area contributed by atoms with Crippen molar-refractivity contribution in [2.75, 3.05) is 0 Å². The fourth-order valence-corrected chi connectivity index (χ4v) is 3.09. The summed E-state index contributed by atoms with van der Waals surface area (Å²) in [5.41, 5.74) is 6.85. The quantitative estimate of drug-likeness (QED) is 0.765. The molecule has 0 saturated heterocycles. The van der Waals surface area contributed by atoms with Crippen molar-refractivity contribution in [2.24, 2.45) is 5.73 Å². The summed E-state index contributed by atoms with van der Waals surface area (Å²) in [7, 11) is 0. The van der Waals surface area contributed by atoms with Gasteiger partial charge in [0.1, 0.15) is 5.75 Å². The number of ether oxygens (including phenoxy) is 1. The highest BCUT2D eigenvalue weighted by Gasteiger charge is 2.17. The zero-order valence-corrected chi connectivity index (χ0v) is 13.5. The Bertz CT molecular complexity index is 782. The molecule has 3 rings (SSSR count). The summed E-state index contributed by atoms with van der Waals surface area (Å²) >= 11 is 13.7. The predicted molar refractivity (Wildman–Crippen MR) is 87.0 cm³/mol. The molecule has 0 spiro atoms. The number of thiazole rings is 1. The summed E-state index contributed by atoms with van der Waals surface area (Å²) < 4.78 is 7.86. The monoisotopic (exact) mass is 341 g/mol. The zero-order valence-electron chi connectivity index (χ0n) is 11.2. The number of aromatic nitrogens is 2. The molecule has 0 aliphatic carbocycles. The van der Waals surface area contributed by atoms with E-state index in [2.05, 4.69) is 4.98 Å². The maximum Gasteiger partial charge on any atom is 0.242 e. The minimum atomic E-state index is 0.00184. The lowest BCUT2D eigenvalue weighted by Gasteiger charge is -2.09. The van der Waals surface area contributed by atoms with Crippen LogP contribution in [0.4, 0.5) is 0 Å². The van der Waals surface area contributed by atoms with E-state index in [9.17, 15) is 0 Å². The van der Waals surface area contributed by atoms with Gasteiger partial charge in [0.05, 0.1) is 10.7 Å². The smallest absolute Gasteiger partial charge is 0.242 e. The number of nitrogens with two attached hydrogens (primary N) is 1. The van der Waals surface area contributed by atoms with Gasteiger partial charge in [-0.05, 0) is 19.1 Å².